The normalized spacial score (nSPS) is 16.3. The molecule has 0 saturated carbocycles. The van der Waals surface area contributed by atoms with Crippen molar-refractivity contribution in [3.05, 3.63) is 71.4 Å². The predicted molar refractivity (Wildman–Crippen MR) is 129 cm³/mol. The van der Waals surface area contributed by atoms with Crippen LogP contribution < -0.4 is 10.6 Å². The fourth-order valence-corrected chi connectivity index (χ4v) is 4.62. The smallest absolute Gasteiger partial charge is 0.224 e. The number of hydrogen-bond acceptors (Lipinski definition) is 5. The van der Waals surface area contributed by atoms with Gasteiger partial charge < -0.3 is 20.3 Å². The summed E-state index contributed by atoms with van der Waals surface area (Å²) in [6.45, 7) is 3.51. The summed E-state index contributed by atoms with van der Waals surface area (Å²) in [5, 5.41) is 18.2. The molecule has 0 spiro atoms. The maximum atomic E-state index is 9.70. The van der Waals surface area contributed by atoms with Crippen molar-refractivity contribution in [3.8, 4) is 17.0 Å². The number of hydrogen-bond donors (Lipinski definition) is 3. The molecule has 32 heavy (non-hydrogen) atoms. The molecule has 0 aliphatic carbocycles. The number of aromatic nitrogens is 3. The van der Waals surface area contributed by atoms with Gasteiger partial charge in [-0.2, -0.15) is 4.98 Å². The third-order valence-corrected chi connectivity index (χ3v) is 6.31. The minimum absolute atomic E-state index is 0.250. The van der Waals surface area contributed by atoms with Crippen LogP contribution in [0.15, 0.2) is 60.8 Å². The van der Waals surface area contributed by atoms with Gasteiger partial charge in [0.25, 0.3) is 0 Å². The fraction of sp³-hybridized carbons (Fsp3) is 0.280. The molecule has 0 bridgehead atoms. The van der Waals surface area contributed by atoms with Crippen molar-refractivity contribution in [1.82, 2.24) is 19.9 Å². The molecule has 6 nitrogen and oxygen atoms in total. The first-order chi connectivity index (χ1) is 15.7. The molecule has 2 aromatic carbocycles. The number of benzene rings is 2. The summed E-state index contributed by atoms with van der Waals surface area (Å²) in [6.07, 6.45) is 4.25. The second kappa shape index (κ2) is 9.18. The number of fused-ring (bicyclic) bond motifs is 1. The molecule has 1 unspecified atom stereocenters. The molecule has 1 aliphatic heterocycles. The van der Waals surface area contributed by atoms with E-state index in [0.29, 0.717) is 18.4 Å². The number of halogens is 1. The molecular formula is C25H26ClN5O. The Balaban J connectivity index is 1.51. The van der Waals surface area contributed by atoms with Crippen molar-refractivity contribution in [3.63, 3.8) is 0 Å². The van der Waals surface area contributed by atoms with Crippen LogP contribution >= 0.6 is 11.6 Å². The highest BCUT2D eigenvalue weighted by Crippen LogP contribution is 2.33. The van der Waals surface area contributed by atoms with Crippen LogP contribution in [0.1, 0.15) is 18.4 Å². The van der Waals surface area contributed by atoms with Gasteiger partial charge in [-0.05, 0) is 61.7 Å². The average molecular weight is 448 g/mol. The summed E-state index contributed by atoms with van der Waals surface area (Å²) in [6, 6.07) is 17.3. The van der Waals surface area contributed by atoms with Crippen molar-refractivity contribution in [1.29, 1.82) is 0 Å². The van der Waals surface area contributed by atoms with Gasteiger partial charge in [-0.3, -0.25) is 0 Å². The van der Waals surface area contributed by atoms with E-state index < -0.39 is 0 Å². The number of phenolic OH excluding ortho intramolecular Hbond substituents is 1. The summed E-state index contributed by atoms with van der Waals surface area (Å²) < 4.78 is 2.29. The maximum absolute atomic E-state index is 9.70. The quantitative estimate of drug-likeness (QED) is 0.385. The van der Waals surface area contributed by atoms with Crippen LogP contribution in [0.3, 0.4) is 0 Å². The Labute approximate surface area is 192 Å². The molecule has 1 fully saturated rings. The number of nitrogens with zero attached hydrogens (tertiary/aromatic N) is 3. The molecule has 3 heterocycles. The second-order valence-electron chi connectivity index (χ2n) is 8.33. The standard InChI is InChI=1S/C25H26ClN5O/c26-22-9-2-1-8-21(22)23-12-19-15-29-25(28-14-17-5-3-7-20(32)11-17)30-24(19)31(23)16-18-6-4-10-27-13-18/h1-3,5,7-9,11-12,15,18,27,32H,4,6,10,13-14,16H2,(H,28,29,30). The molecule has 164 valence electrons. The SMILES string of the molecule is Oc1cccc(CNc2ncc3cc(-c4ccccc4Cl)n(CC4CCCNC4)c3n2)c1. The molecule has 1 atom stereocenters. The van der Waals surface area contributed by atoms with Crippen molar-refractivity contribution >= 4 is 28.6 Å². The van der Waals surface area contributed by atoms with Crippen LogP contribution in [-0.2, 0) is 13.1 Å². The van der Waals surface area contributed by atoms with Gasteiger partial charge in [0, 0.05) is 35.3 Å². The molecule has 1 aliphatic rings. The highest BCUT2D eigenvalue weighted by atomic mass is 35.5. The molecule has 7 heteroatoms. The van der Waals surface area contributed by atoms with Crippen LogP contribution in [0, 0.1) is 5.92 Å². The Morgan fingerprint density at radius 3 is 2.88 bits per heavy atom. The Bertz CT molecular complexity index is 1230. The molecule has 3 N–H and O–H groups in total. The number of nitrogens with one attached hydrogen (secondary N) is 2. The minimum atomic E-state index is 0.250. The first-order valence-corrected chi connectivity index (χ1v) is 11.4. The molecule has 5 rings (SSSR count). The van der Waals surface area contributed by atoms with Gasteiger partial charge in [0.1, 0.15) is 11.4 Å². The van der Waals surface area contributed by atoms with E-state index in [9.17, 15) is 5.11 Å². The predicted octanol–water partition coefficient (Wildman–Crippen LogP) is 5.07. The van der Waals surface area contributed by atoms with Gasteiger partial charge in [0.2, 0.25) is 5.95 Å². The van der Waals surface area contributed by atoms with Crippen LogP contribution in [0.4, 0.5) is 5.95 Å². The summed E-state index contributed by atoms with van der Waals surface area (Å²) in [7, 11) is 0. The van der Waals surface area contributed by atoms with E-state index in [0.717, 1.165) is 52.5 Å². The number of aromatic hydroxyl groups is 1. The van der Waals surface area contributed by atoms with Crippen LogP contribution in [0.25, 0.3) is 22.3 Å². The highest BCUT2D eigenvalue weighted by molar-refractivity contribution is 6.33. The van der Waals surface area contributed by atoms with Crippen LogP contribution in [-0.4, -0.2) is 32.7 Å². The minimum Gasteiger partial charge on any atom is -0.508 e. The zero-order chi connectivity index (χ0) is 21.9. The molecule has 0 radical (unpaired) electrons. The van der Waals surface area contributed by atoms with Gasteiger partial charge in [-0.25, -0.2) is 4.98 Å². The van der Waals surface area contributed by atoms with Crippen molar-refractivity contribution in [2.75, 3.05) is 18.4 Å². The van der Waals surface area contributed by atoms with Gasteiger partial charge in [-0.1, -0.05) is 41.9 Å². The van der Waals surface area contributed by atoms with Gasteiger partial charge in [0.05, 0.1) is 5.69 Å². The van der Waals surface area contributed by atoms with E-state index in [4.69, 9.17) is 16.6 Å². The third-order valence-electron chi connectivity index (χ3n) is 5.99. The zero-order valence-corrected chi connectivity index (χ0v) is 18.5. The molecule has 4 aromatic rings. The molecule has 2 aromatic heterocycles. The number of anilines is 1. The second-order valence-corrected chi connectivity index (χ2v) is 8.74. The van der Waals surface area contributed by atoms with E-state index in [1.165, 1.54) is 12.8 Å². The van der Waals surface area contributed by atoms with E-state index in [1.54, 1.807) is 12.1 Å². The van der Waals surface area contributed by atoms with E-state index in [1.807, 2.05) is 36.5 Å². The largest absolute Gasteiger partial charge is 0.508 e. The molecule has 0 amide bonds. The number of phenols is 1. The van der Waals surface area contributed by atoms with Gasteiger partial charge >= 0.3 is 0 Å². The Hall–Kier alpha value is -3.09. The Kier molecular flexibility index (Phi) is 5.97. The summed E-state index contributed by atoms with van der Waals surface area (Å²) >= 11 is 6.57. The van der Waals surface area contributed by atoms with E-state index in [-0.39, 0.29) is 5.75 Å². The van der Waals surface area contributed by atoms with Crippen molar-refractivity contribution in [2.24, 2.45) is 5.92 Å². The monoisotopic (exact) mass is 447 g/mol. The fourth-order valence-electron chi connectivity index (χ4n) is 4.39. The average Bonchev–Trinajstić information content (AvgIpc) is 3.16. The van der Waals surface area contributed by atoms with Crippen LogP contribution in [0.2, 0.25) is 5.02 Å². The number of piperidine rings is 1. The zero-order valence-electron chi connectivity index (χ0n) is 17.8. The lowest BCUT2D eigenvalue weighted by atomic mass is 9.99. The summed E-state index contributed by atoms with van der Waals surface area (Å²) in [4.78, 5) is 9.39. The Morgan fingerprint density at radius 2 is 2.06 bits per heavy atom. The first-order valence-electron chi connectivity index (χ1n) is 11.0. The number of rotatable bonds is 6. The maximum Gasteiger partial charge on any atom is 0.224 e. The van der Waals surface area contributed by atoms with Crippen molar-refractivity contribution in [2.45, 2.75) is 25.9 Å². The van der Waals surface area contributed by atoms with Crippen LogP contribution in [0.5, 0.6) is 5.75 Å². The molecular weight excluding hydrogens is 422 g/mol. The lowest BCUT2D eigenvalue weighted by Gasteiger charge is -2.24. The first kappa shape index (κ1) is 20.8. The van der Waals surface area contributed by atoms with Crippen molar-refractivity contribution < 1.29 is 5.11 Å². The lowest BCUT2D eigenvalue weighted by molar-refractivity contribution is 0.341. The molecule has 1 saturated heterocycles. The lowest BCUT2D eigenvalue weighted by Crippen LogP contribution is -2.32. The Morgan fingerprint density at radius 1 is 1.16 bits per heavy atom. The van der Waals surface area contributed by atoms with E-state index >= 15 is 0 Å². The van der Waals surface area contributed by atoms with Gasteiger partial charge in [0.15, 0.2) is 0 Å². The summed E-state index contributed by atoms with van der Waals surface area (Å²) in [5.41, 5.74) is 3.94. The highest BCUT2D eigenvalue weighted by Gasteiger charge is 2.20. The van der Waals surface area contributed by atoms with E-state index in [2.05, 4.69) is 32.3 Å². The summed E-state index contributed by atoms with van der Waals surface area (Å²) in [5.74, 6) is 1.35. The topological polar surface area (TPSA) is 75.0 Å². The van der Waals surface area contributed by atoms with Gasteiger partial charge in [-0.15, -0.1) is 0 Å². The third kappa shape index (κ3) is 4.42.